The number of carbonyl (C=O) groups is 3. The fourth-order valence-electron chi connectivity index (χ4n) is 10.5. The van der Waals surface area contributed by atoms with Gasteiger partial charge in [-0.1, -0.05) is 31.0 Å². The number of carbonyl (C=O) groups excluding carboxylic acids is 3. The molecule has 0 radical (unpaired) electrons. The number of para-hydroxylation sites is 1. The molecule has 17 heteroatoms. The summed E-state index contributed by atoms with van der Waals surface area (Å²) in [5, 5.41) is 10.7. The Bertz CT molecular complexity index is 2950. The number of rotatable bonds is 13. The summed E-state index contributed by atoms with van der Waals surface area (Å²) in [6.45, 7) is 1.39. The number of fused-ring (bicyclic) bond motifs is 4. The zero-order chi connectivity index (χ0) is 46.5. The fourth-order valence-corrected chi connectivity index (χ4v) is 10.5. The van der Waals surface area contributed by atoms with E-state index in [0.29, 0.717) is 89.5 Å². The summed E-state index contributed by atoms with van der Waals surface area (Å²) < 4.78 is 37.1. The first-order chi connectivity index (χ1) is 33.3. The Kier molecular flexibility index (Phi) is 11.5. The van der Waals surface area contributed by atoms with Gasteiger partial charge in [0.05, 0.1) is 43.7 Å². The maximum absolute atomic E-state index is 14.8. The zero-order valence-electron chi connectivity index (χ0n) is 38.4. The van der Waals surface area contributed by atoms with E-state index in [1.165, 1.54) is 6.33 Å². The number of likely N-dealkylation sites (tertiary alicyclic amines) is 1. The molecule has 3 aromatic heterocycles. The maximum atomic E-state index is 14.8. The highest BCUT2D eigenvalue weighted by Crippen LogP contribution is 2.49. The Balaban J connectivity index is 0.839. The average Bonchev–Trinajstić information content (AvgIpc) is 3.77. The van der Waals surface area contributed by atoms with Crippen molar-refractivity contribution in [2.24, 2.45) is 29.9 Å². The van der Waals surface area contributed by atoms with Gasteiger partial charge in [-0.2, -0.15) is 5.10 Å². The number of H-pyrrole nitrogens is 1. The predicted molar refractivity (Wildman–Crippen MR) is 251 cm³/mol. The Morgan fingerprint density at radius 3 is 2.50 bits per heavy atom. The normalized spacial score (nSPS) is 19.7. The molecule has 3 atom stereocenters. The highest BCUT2D eigenvalue weighted by molar-refractivity contribution is 6.07. The molecule has 0 unspecified atom stereocenters. The minimum Gasteiger partial charge on any atom is -0.493 e. The van der Waals surface area contributed by atoms with Crippen LogP contribution >= 0.6 is 0 Å². The third kappa shape index (κ3) is 8.06. The van der Waals surface area contributed by atoms with Gasteiger partial charge in [0, 0.05) is 67.3 Å². The van der Waals surface area contributed by atoms with Crippen molar-refractivity contribution in [2.75, 3.05) is 40.7 Å². The van der Waals surface area contributed by atoms with E-state index in [2.05, 4.69) is 20.3 Å². The number of ether oxygens (including phenoxy) is 6. The SMILES string of the molecule is COc1ccc(C2=NN(C3CCN(C(=O)[C@@H](Cc4cn(C)c5ccccc45)NC(=O)Oc4c[nH]c5c(-c6c(OCC7CC7)ccc7c6OCO7)ncnc45)CC3)C(=O)[C@@H]3CCCC[C@H]23)cc1OC. The summed E-state index contributed by atoms with van der Waals surface area (Å²) in [5.41, 5.74) is 5.69. The fraction of sp³-hybridized carbons (Fsp3) is 0.412. The first-order valence-corrected chi connectivity index (χ1v) is 23.6. The van der Waals surface area contributed by atoms with E-state index < -0.39 is 12.1 Å². The molecule has 5 aliphatic rings. The Hall–Kier alpha value is -7.30. The first kappa shape index (κ1) is 43.3. The highest BCUT2D eigenvalue weighted by Gasteiger charge is 2.44. The number of hydrazone groups is 1. The lowest BCUT2D eigenvalue weighted by atomic mass is 9.73. The lowest BCUT2D eigenvalue weighted by Crippen LogP contribution is -2.56. The van der Waals surface area contributed by atoms with Gasteiger partial charge in [-0.25, -0.2) is 19.8 Å². The number of nitrogens with one attached hydrogen (secondary N) is 2. The summed E-state index contributed by atoms with van der Waals surface area (Å²) in [7, 11) is 5.19. The number of aromatic nitrogens is 4. The summed E-state index contributed by atoms with van der Waals surface area (Å²) in [6.07, 6.45) is 11.4. The van der Waals surface area contributed by atoms with Crippen molar-refractivity contribution in [1.82, 2.24) is 34.7 Å². The Labute approximate surface area is 392 Å². The quantitative estimate of drug-likeness (QED) is 0.118. The number of hydrogen-bond donors (Lipinski definition) is 2. The van der Waals surface area contributed by atoms with Crippen LogP contribution in [0.5, 0.6) is 34.5 Å². The summed E-state index contributed by atoms with van der Waals surface area (Å²) >= 11 is 0. The van der Waals surface area contributed by atoms with Crippen LogP contribution in [0.15, 0.2) is 78.4 Å². The average molecular weight is 923 g/mol. The molecule has 1 saturated heterocycles. The first-order valence-electron chi connectivity index (χ1n) is 23.6. The third-order valence-corrected chi connectivity index (χ3v) is 14.2. The number of methoxy groups -OCH3 is 2. The lowest BCUT2D eigenvalue weighted by Gasteiger charge is -2.43. The van der Waals surface area contributed by atoms with Gasteiger partial charge in [0.2, 0.25) is 18.6 Å². The van der Waals surface area contributed by atoms with E-state index >= 15 is 0 Å². The van der Waals surface area contributed by atoms with Crippen molar-refractivity contribution in [3.8, 4) is 45.8 Å². The molecule has 3 aliphatic heterocycles. The number of aryl methyl sites for hydroxylation is 1. The molecular weight excluding hydrogens is 869 g/mol. The van der Waals surface area contributed by atoms with Crippen molar-refractivity contribution >= 4 is 45.6 Å². The van der Waals surface area contributed by atoms with Crippen molar-refractivity contribution in [3.05, 3.63) is 84.4 Å². The number of benzene rings is 3. The van der Waals surface area contributed by atoms with E-state index in [0.717, 1.165) is 66.3 Å². The minimum atomic E-state index is -0.982. The van der Waals surface area contributed by atoms with Gasteiger partial charge in [0.25, 0.3) is 0 Å². The molecule has 2 aliphatic carbocycles. The van der Waals surface area contributed by atoms with Crippen LogP contribution in [0.3, 0.4) is 0 Å². The molecule has 2 N–H and O–H groups in total. The number of piperidine rings is 1. The number of nitrogens with zero attached hydrogens (tertiary/aromatic N) is 6. The second-order valence-corrected chi connectivity index (χ2v) is 18.4. The van der Waals surface area contributed by atoms with Crippen LogP contribution in [0.1, 0.15) is 62.5 Å². The van der Waals surface area contributed by atoms with Crippen LogP contribution in [0.25, 0.3) is 33.2 Å². The molecule has 6 heterocycles. The van der Waals surface area contributed by atoms with Crippen LogP contribution in [-0.2, 0) is 23.1 Å². The molecule has 6 aromatic rings. The molecule has 3 fully saturated rings. The van der Waals surface area contributed by atoms with E-state index in [1.807, 2.05) is 72.4 Å². The van der Waals surface area contributed by atoms with Crippen LogP contribution in [0.2, 0.25) is 0 Å². The molecule has 352 valence electrons. The molecule has 3 aromatic carbocycles. The van der Waals surface area contributed by atoms with Crippen molar-refractivity contribution in [1.29, 1.82) is 0 Å². The van der Waals surface area contributed by atoms with E-state index in [1.54, 1.807) is 30.3 Å². The second-order valence-electron chi connectivity index (χ2n) is 18.4. The summed E-state index contributed by atoms with van der Waals surface area (Å²) in [5.74, 6) is 3.25. The summed E-state index contributed by atoms with van der Waals surface area (Å²) in [6, 6.07) is 16.3. The third-order valence-electron chi connectivity index (χ3n) is 14.2. The molecule has 0 bridgehead atoms. The van der Waals surface area contributed by atoms with Gasteiger partial charge in [0.1, 0.15) is 29.3 Å². The van der Waals surface area contributed by atoms with Crippen LogP contribution in [0.4, 0.5) is 4.79 Å². The van der Waals surface area contributed by atoms with Gasteiger partial charge in [0.15, 0.2) is 28.7 Å². The smallest absolute Gasteiger partial charge is 0.413 e. The van der Waals surface area contributed by atoms with E-state index in [4.69, 9.17) is 33.5 Å². The van der Waals surface area contributed by atoms with Gasteiger partial charge >= 0.3 is 6.09 Å². The maximum Gasteiger partial charge on any atom is 0.413 e. The molecule has 68 heavy (non-hydrogen) atoms. The molecular formula is C51H54N8O9. The second kappa shape index (κ2) is 18.1. The van der Waals surface area contributed by atoms with Gasteiger partial charge in [-0.15, -0.1) is 0 Å². The molecule has 2 saturated carbocycles. The van der Waals surface area contributed by atoms with Gasteiger partial charge < -0.3 is 48.2 Å². The Morgan fingerprint density at radius 2 is 1.69 bits per heavy atom. The molecule has 17 nitrogen and oxygen atoms in total. The number of aromatic amines is 1. The largest absolute Gasteiger partial charge is 0.493 e. The Morgan fingerprint density at radius 1 is 0.897 bits per heavy atom. The monoisotopic (exact) mass is 922 g/mol. The van der Waals surface area contributed by atoms with Gasteiger partial charge in [-0.3, -0.25) is 9.59 Å². The van der Waals surface area contributed by atoms with Gasteiger partial charge in [-0.05, 0) is 86.4 Å². The van der Waals surface area contributed by atoms with Crippen LogP contribution in [0, 0.1) is 17.8 Å². The van der Waals surface area contributed by atoms with Crippen molar-refractivity contribution < 1.29 is 42.8 Å². The summed E-state index contributed by atoms with van der Waals surface area (Å²) in [4.78, 5) is 57.2. The van der Waals surface area contributed by atoms with Crippen LogP contribution < -0.4 is 33.7 Å². The number of amides is 3. The van der Waals surface area contributed by atoms with E-state index in [9.17, 15) is 14.4 Å². The van der Waals surface area contributed by atoms with E-state index in [-0.39, 0.29) is 48.7 Å². The molecule has 0 spiro atoms. The van der Waals surface area contributed by atoms with Crippen molar-refractivity contribution in [2.45, 2.75) is 69.9 Å². The van der Waals surface area contributed by atoms with Crippen molar-refractivity contribution in [3.63, 3.8) is 0 Å². The topological polar surface area (TPSA) is 184 Å². The number of hydrogen-bond acceptors (Lipinski definition) is 12. The molecule has 3 amide bonds. The van der Waals surface area contributed by atoms with Crippen LogP contribution in [-0.4, -0.2) is 106 Å². The minimum absolute atomic E-state index is 0.0185. The highest BCUT2D eigenvalue weighted by atomic mass is 16.7. The molecule has 11 rings (SSSR count). The standard InChI is InChI=1S/C51H54N8O9/c1-57-25-31(33-8-6-7-11-37(33)57)22-36(55-51(62)68-42-24-52-47-45(42)53-27-54-46(47)43-39(65-26-29-12-13-29)16-17-40-48(43)67-28-66-40)50(61)58-20-18-32(19-21-58)59-49(60)35-10-5-4-9-34(35)44(56-59)30-14-15-38(63-2)41(23-30)64-3/h6-8,11,14-17,23-25,27,29,32,34-36,52H,4-5,9-10,12-13,18-22,26,28H2,1-3H3,(H,55,62)/t34-,35+,36+/m0/s1. The zero-order valence-corrected chi connectivity index (χ0v) is 38.4. The lowest BCUT2D eigenvalue weighted by molar-refractivity contribution is -0.143. The predicted octanol–water partition coefficient (Wildman–Crippen LogP) is 7.39.